The zero-order valence-electron chi connectivity index (χ0n) is 11.9. The largest absolute Gasteiger partial charge is 0.354 e. The first-order chi connectivity index (χ1) is 9.61. The van der Waals surface area contributed by atoms with Crippen molar-refractivity contribution in [1.82, 2.24) is 16.0 Å². The number of amides is 2. The lowest BCUT2D eigenvalue weighted by Gasteiger charge is -2.07. The van der Waals surface area contributed by atoms with Crippen LogP contribution in [-0.4, -0.2) is 38.5 Å². The third-order valence-electron chi connectivity index (χ3n) is 2.63. The smallest absolute Gasteiger partial charge is 0.224 e. The number of nitrogens with one attached hydrogen (secondary N) is 3. The van der Waals surface area contributed by atoms with Gasteiger partial charge in [0.15, 0.2) is 0 Å². The van der Waals surface area contributed by atoms with E-state index in [-0.39, 0.29) is 36.5 Å². The molecule has 3 N–H and O–H groups in total. The summed E-state index contributed by atoms with van der Waals surface area (Å²) in [6.07, 6.45) is 0.541. The van der Waals surface area contributed by atoms with Gasteiger partial charge in [0.1, 0.15) is 5.82 Å². The molecule has 0 saturated carbocycles. The maximum absolute atomic E-state index is 12.9. The molecule has 1 aromatic carbocycles. The lowest BCUT2D eigenvalue weighted by atomic mass is 10.1. The molecule has 7 heteroatoms. The molecule has 0 heterocycles. The Balaban J connectivity index is 0.00000400. The fourth-order valence-electron chi connectivity index (χ4n) is 1.63. The molecule has 0 atom stereocenters. The first kappa shape index (κ1) is 19.3. The van der Waals surface area contributed by atoms with E-state index >= 15 is 0 Å². The maximum Gasteiger partial charge on any atom is 0.224 e. The highest BCUT2D eigenvalue weighted by Crippen LogP contribution is 2.03. The van der Waals surface area contributed by atoms with Gasteiger partial charge >= 0.3 is 0 Å². The van der Waals surface area contributed by atoms with Gasteiger partial charge in [-0.25, -0.2) is 4.39 Å². The van der Waals surface area contributed by atoms with E-state index in [0.717, 1.165) is 0 Å². The number of hydrogen-bond acceptors (Lipinski definition) is 3. The predicted molar refractivity (Wildman–Crippen MR) is 81.9 cm³/mol. The van der Waals surface area contributed by atoms with Gasteiger partial charge in [0.25, 0.3) is 0 Å². The molecule has 0 fully saturated rings. The molecule has 0 aromatic heterocycles. The van der Waals surface area contributed by atoms with Crippen molar-refractivity contribution < 1.29 is 14.0 Å². The molecule has 0 unspecified atom stereocenters. The van der Waals surface area contributed by atoms with E-state index in [1.165, 1.54) is 12.1 Å². The number of halogens is 2. The summed E-state index contributed by atoms with van der Waals surface area (Å²) in [6.45, 7) is 1.37. The van der Waals surface area contributed by atoms with Crippen molar-refractivity contribution in [2.45, 2.75) is 12.8 Å². The number of rotatable bonds is 8. The van der Waals surface area contributed by atoms with Gasteiger partial charge in [0.2, 0.25) is 11.8 Å². The minimum Gasteiger partial charge on any atom is -0.354 e. The molecule has 0 bridgehead atoms. The topological polar surface area (TPSA) is 70.2 Å². The van der Waals surface area contributed by atoms with Crippen LogP contribution in [0.15, 0.2) is 24.3 Å². The van der Waals surface area contributed by atoms with Crippen molar-refractivity contribution >= 4 is 24.2 Å². The zero-order chi connectivity index (χ0) is 14.8. The molecular weight excluding hydrogens is 297 g/mol. The average molecular weight is 318 g/mol. The number of carbonyl (C=O) groups is 2. The van der Waals surface area contributed by atoms with Gasteiger partial charge < -0.3 is 16.0 Å². The third kappa shape index (κ3) is 8.99. The van der Waals surface area contributed by atoms with Crippen LogP contribution in [0.5, 0.6) is 0 Å². The van der Waals surface area contributed by atoms with Crippen molar-refractivity contribution in [1.29, 1.82) is 0 Å². The number of carbonyl (C=O) groups excluding carboxylic acids is 2. The van der Waals surface area contributed by atoms with Crippen LogP contribution in [0.3, 0.4) is 0 Å². The second-order valence-electron chi connectivity index (χ2n) is 4.36. The second-order valence-corrected chi connectivity index (χ2v) is 4.36. The highest BCUT2D eigenvalue weighted by atomic mass is 35.5. The summed E-state index contributed by atoms with van der Waals surface area (Å²) in [5, 5.41) is 8.24. The first-order valence-electron chi connectivity index (χ1n) is 6.54. The van der Waals surface area contributed by atoms with E-state index in [2.05, 4.69) is 16.0 Å². The van der Waals surface area contributed by atoms with Gasteiger partial charge in [0.05, 0.1) is 6.42 Å². The van der Waals surface area contributed by atoms with Crippen LogP contribution in [-0.2, 0) is 16.0 Å². The monoisotopic (exact) mass is 317 g/mol. The van der Waals surface area contributed by atoms with Crippen LogP contribution in [0.4, 0.5) is 4.39 Å². The molecule has 0 aliphatic rings. The van der Waals surface area contributed by atoms with E-state index in [1.54, 1.807) is 19.2 Å². The zero-order valence-corrected chi connectivity index (χ0v) is 12.8. The minimum absolute atomic E-state index is 0. The van der Waals surface area contributed by atoms with Crippen molar-refractivity contribution in [2.75, 3.05) is 26.7 Å². The fourth-order valence-corrected chi connectivity index (χ4v) is 1.63. The highest BCUT2D eigenvalue weighted by molar-refractivity contribution is 5.85. The van der Waals surface area contributed by atoms with Gasteiger partial charge in [-0.2, -0.15) is 0 Å². The molecule has 1 aromatic rings. The van der Waals surface area contributed by atoms with Crippen molar-refractivity contribution in [3.05, 3.63) is 35.6 Å². The lowest BCUT2D eigenvalue weighted by Crippen LogP contribution is -2.36. The summed E-state index contributed by atoms with van der Waals surface area (Å²) in [7, 11) is 1.78. The van der Waals surface area contributed by atoms with Gasteiger partial charge in [0, 0.05) is 26.1 Å². The predicted octanol–water partition coefficient (Wildman–Crippen LogP) is 0.632. The van der Waals surface area contributed by atoms with Crippen molar-refractivity contribution in [2.24, 2.45) is 0 Å². The number of benzene rings is 1. The molecule has 0 radical (unpaired) electrons. The van der Waals surface area contributed by atoms with E-state index < -0.39 is 0 Å². The van der Waals surface area contributed by atoms with Crippen LogP contribution in [0.25, 0.3) is 0 Å². The summed E-state index contributed by atoms with van der Waals surface area (Å²) in [5.74, 6) is -0.606. The first-order valence-corrected chi connectivity index (χ1v) is 6.54. The Morgan fingerprint density at radius 3 is 2.38 bits per heavy atom. The van der Waals surface area contributed by atoms with Crippen molar-refractivity contribution in [3.63, 3.8) is 0 Å². The Morgan fingerprint density at radius 1 is 1.10 bits per heavy atom. The van der Waals surface area contributed by atoms with Crippen LogP contribution in [0.2, 0.25) is 0 Å². The Hall–Kier alpha value is -1.66. The summed E-state index contributed by atoms with van der Waals surface area (Å²) in [5.41, 5.74) is 0.626. The van der Waals surface area contributed by atoms with Crippen LogP contribution in [0.1, 0.15) is 12.0 Å². The van der Waals surface area contributed by atoms with Gasteiger partial charge in [-0.3, -0.25) is 9.59 Å². The minimum atomic E-state index is -0.355. The van der Waals surface area contributed by atoms with E-state index in [9.17, 15) is 14.0 Å². The van der Waals surface area contributed by atoms with E-state index in [0.29, 0.717) is 31.6 Å². The van der Waals surface area contributed by atoms with Crippen LogP contribution in [0, 0.1) is 5.82 Å². The molecule has 0 saturated heterocycles. The molecule has 1 rings (SSSR count). The summed E-state index contributed by atoms with van der Waals surface area (Å²) >= 11 is 0. The summed E-state index contributed by atoms with van der Waals surface area (Å²) < 4.78 is 12.9. The highest BCUT2D eigenvalue weighted by Gasteiger charge is 2.04. The van der Waals surface area contributed by atoms with Crippen molar-refractivity contribution in [3.8, 4) is 0 Å². The quantitative estimate of drug-likeness (QED) is 0.616. The molecular formula is C14H21ClFN3O2. The molecule has 0 spiro atoms. The average Bonchev–Trinajstić information content (AvgIpc) is 2.41. The third-order valence-corrected chi connectivity index (χ3v) is 2.63. The van der Waals surface area contributed by atoms with Crippen LogP contribution >= 0.6 is 12.4 Å². The van der Waals surface area contributed by atoms with Crippen LogP contribution < -0.4 is 16.0 Å². The Labute approximate surface area is 130 Å². The lowest BCUT2D eigenvalue weighted by molar-refractivity contribution is -0.122. The maximum atomic E-state index is 12.9. The normalized spacial score (nSPS) is 9.62. The Kier molecular flexibility index (Phi) is 10.2. The second kappa shape index (κ2) is 11.0. The molecule has 2 amide bonds. The fraction of sp³-hybridized carbons (Fsp3) is 0.429. The molecule has 5 nitrogen and oxygen atoms in total. The molecule has 118 valence electrons. The van der Waals surface area contributed by atoms with E-state index in [4.69, 9.17) is 0 Å². The standard InChI is InChI=1S/C14H20FN3O2.ClH/c1-16-6-5-13(19)17-7-8-18-14(20)10-11-3-2-4-12(15)9-11;/h2-4,9,16H,5-8,10H2,1H3,(H,17,19)(H,18,20);1H. The number of hydrogen-bond donors (Lipinski definition) is 3. The molecule has 21 heavy (non-hydrogen) atoms. The summed E-state index contributed by atoms with van der Waals surface area (Å²) in [4.78, 5) is 22.9. The molecule has 0 aliphatic carbocycles. The Bertz CT molecular complexity index is 458. The van der Waals surface area contributed by atoms with Gasteiger partial charge in [-0.15, -0.1) is 12.4 Å². The SMILES string of the molecule is CNCCC(=O)NCCNC(=O)Cc1cccc(F)c1.Cl. The van der Waals surface area contributed by atoms with Gasteiger partial charge in [-0.05, 0) is 24.7 Å². The summed E-state index contributed by atoms with van der Waals surface area (Å²) in [6, 6.07) is 5.93. The van der Waals surface area contributed by atoms with E-state index in [1.807, 2.05) is 0 Å². The van der Waals surface area contributed by atoms with Gasteiger partial charge in [-0.1, -0.05) is 12.1 Å². The Morgan fingerprint density at radius 2 is 1.76 bits per heavy atom. The molecule has 0 aliphatic heterocycles.